The van der Waals surface area contributed by atoms with Gasteiger partial charge in [-0.3, -0.25) is 4.99 Å². The fourth-order valence-electron chi connectivity index (χ4n) is 1.48. The largest absolute Gasteiger partial charge is 0.499 e. The van der Waals surface area contributed by atoms with Crippen LogP contribution in [0.3, 0.4) is 0 Å². The number of ether oxygens (including phenoxy) is 1. The number of nitrogens with zero attached hydrogens (tertiary/aromatic N) is 1. The van der Waals surface area contributed by atoms with Gasteiger partial charge in [0.1, 0.15) is 5.75 Å². The molecule has 0 fully saturated rings. The minimum absolute atomic E-state index is 0.208. The molecular weight excluding hydrogens is 382 g/mol. The van der Waals surface area contributed by atoms with Crippen molar-refractivity contribution in [2.24, 2.45) is 4.99 Å². The number of thiophene rings is 1. The lowest BCUT2D eigenvalue weighted by atomic mass is 10.3. The van der Waals surface area contributed by atoms with Crippen molar-refractivity contribution in [3.63, 3.8) is 0 Å². The molecule has 132 valence electrons. The van der Waals surface area contributed by atoms with Crippen LogP contribution in [0.2, 0.25) is 5.02 Å². The van der Waals surface area contributed by atoms with Crippen LogP contribution in [0.4, 0.5) is 5.69 Å². The first kappa shape index (κ1) is 21.4. The normalized spacial score (nSPS) is 8.22. The number of rotatable bonds is 3. The molecule has 4 nitrogen and oxygen atoms in total. The molecule has 0 saturated carbocycles. The number of aromatic hydroxyl groups is 1. The minimum Gasteiger partial charge on any atom is -0.499 e. The summed E-state index contributed by atoms with van der Waals surface area (Å²) in [5, 5.41) is 10.2. The quantitative estimate of drug-likeness (QED) is 0.455. The second kappa shape index (κ2) is 12.7. The zero-order valence-corrected chi connectivity index (χ0v) is 15.7. The summed E-state index contributed by atoms with van der Waals surface area (Å²) in [5.41, 5.74) is 16.7. The third-order valence-electron chi connectivity index (χ3n) is 2.54. The van der Waals surface area contributed by atoms with Crippen LogP contribution in [0, 0.1) is 0 Å². The first-order chi connectivity index (χ1) is 13.1. The van der Waals surface area contributed by atoms with Gasteiger partial charge in [-0.15, -0.1) is 0 Å². The van der Waals surface area contributed by atoms with E-state index in [2.05, 4.69) is 46.0 Å². The molecule has 0 atom stereocenters. The van der Waals surface area contributed by atoms with Crippen molar-refractivity contribution in [1.29, 1.82) is 0 Å². The Bertz CT molecular complexity index is 1060. The van der Waals surface area contributed by atoms with E-state index in [-0.39, 0.29) is 5.06 Å². The Morgan fingerprint density at radius 1 is 1.15 bits per heavy atom. The van der Waals surface area contributed by atoms with Gasteiger partial charge in [0.05, 0.1) is 17.7 Å². The summed E-state index contributed by atoms with van der Waals surface area (Å²) in [6, 6.07) is 8.75. The van der Waals surface area contributed by atoms with Gasteiger partial charge in [0.15, 0.2) is 11.0 Å². The van der Waals surface area contributed by atoms with Crippen LogP contribution in [-0.4, -0.2) is 24.4 Å². The minimum atomic E-state index is 0.208. The summed E-state index contributed by atoms with van der Waals surface area (Å²) in [5.74, 6) is 1.98. The maximum Gasteiger partial charge on any atom is 0.186 e. The van der Waals surface area contributed by atoms with Crippen molar-refractivity contribution in [3.8, 4) is 10.8 Å². The average molecular weight is 394 g/mol. The summed E-state index contributed by atoms with van der Waals surface area (Å²) >= 11 is 6.99. The van der Waals surface area contributed by atoms with Crippen LogP contribution < -0.4 is 4.74 Å². The fourth-order valence-corrected chi connectivity index (χ4v) is 2.35. The molecule has 6 heteroatoms. The van der Waals surface area contributed by atoms with Gasteiger partial charge in [-0.1, -0.05) is 28.7 Å². The predicted molar refractivity (Wildman–Crippen MR) is 107 cm³/mol. The molecule has 27 heavy (non-hydrogen) atoms. The van der Waals surface area contributed by atoms with Gasteiger partial charge in [-0.05, 0) is 48.0 Å². The van der Waals surface area contributed by atoms with Gasteiger partial charge in [0, 0.05) is 34.5 Å². The van der Waals surface area contributed by atoms with E-state index in [1.807, 2.05) is 17.9 Å². The van der Waals surface area contributed by atoms with Crippen molar-refractivity contribution in [2.75, 3.05) is 7.11 Å². The number of benzene rings is 1. The Hall–Kier alpha value is -3.61. The van der Waals surface area contributed by atoms with Gasteiger partial charge in [-0.2, -0.15) is 0 Å². The molecular formula is C21H12ClNO3S. The van der Waals surface area contributed by atoms with Crippen molar-refractivity contribution in [1.82, 2.24) is 0 Å². The molecule has 0 aliphatic rings. The van der Waals surface area contributed by atoms with Crippen LogP contribution in [0.1, 0.15) is 4.88 Å². The molecule has 0 radical (unpaired) electrons. The van der Waals surface area contributed by atoms with Gasteiger partial charge in [0.25, 0.3) is 0 Å². The van der Waals surface area contributed by atoms with Crippen molar-refractivity contribution >= 4 is 40.8 Å². The third-order valence-corrected chi connectivity index (χ3v) is 3.65. The second-order valence-electron chi connectivity index (χ2n) is 4.28. The molecule has 0 unspecified atom stereocenters. The molecule has 0 aliphatic carbocycles. The summed E-state index contributed by atoms with van der Waals surface area (Å²) in [4.78, 5) is 14.5. The molecule has 0 aliphatic heterocycles. The molecule has 0 saturated heterocycles. The van der Waals surface area contributed by atoms with E-state index in [4.69, 9.17) is 16.3 Å². The summed E-state index contributed by atoms with van der Waals surface area (Å²) in [6.07, 6.45) is 1.66. The SMILES string of the molecule is C=C=C=C=C=C=C=C=C=O.COc1cc(O)sc1C=Nc1ccc(Cl)cc1. The Morgan fingerprint density at radius 2 is 1.78 bits per heavy atom. The molecule has 2 aromatic rings. The lowest BCUT2D eigenvalue weighted by molar-refractivity contribution is 0.412. The Morgan fingerprint density at radius 3 is 2.37 bits per heavy atom. The highest BCUT2D eigenvalue weighted by molar-refractivity contribution is 7.15. The third kappa shape index (κ3) is 8.87. The molecule has 1 aromatic carbocycles. The average Bonchev–Trinajstić information content (AvgIpc) is 3.04. The molecule has 0 bridgehead atoms. The predicted octanol–water partition coefficient (Wildman–Crippen LogP) is 4.96. The number of hydrogen-bond acceptors (Lipinski definition) is 5. The lowest BCUT2D eigenvalue weighted by Crippen LogP contribution is -1.83. The van der Waals surface area contributed by atoms with Crippen LogP contribution >= 0.6 is 22.9 Å². The zero-order chi connectivity index (χ0) is 19.9. The van der Waals surface area contributed by atoms with E-state index < -0.39 is 0 Å². The first-order valence-electron chi connectivity index (χ1n) is 7.16. The lowest BCUT2D eigenvalue weighted by Gasteiger charge is -1.96. The van der Waals surface area contributed by atoms with E-state index in [0.29, 0.717) is 10.8 Å². The van der Waals surface area contributed by atoms with Crippen LogP contribution in [0.25, 0.3) is 0 Å². The Kier molecular flexibility index (Phi) is 10.1. The van der Waals surface area contributed by atoms with Crippen LogP contribution in [0.5, 0.6) is 10.8 Å². The Balaban J connectivity index is 0.000000314. The van der Waals surface area contributed by atoms with Crippen molar-refractivity contribution < 1.29 is 14.6 Å². The van der Waals surface area contributed by atoms with Gasteiger partial charge >= 0.3 is 0 Å². The van der Waals surface area contributed by atoms with Crippen LogP contribution in [0.15, 0.2) is 82.0 Å². The van der Waals surface area contributed by atoms with E-state index in [1.54, 1.807) is 31.5 Å². The summed E-state index contributed by atoms with van der Waals surface area (Å²) in [6.45, 7) is 3.23. The number of methoxy groups -OCH3 is 1. The fraction of sp³-hybridized carbons (Fsp3) is 0.0476. The summed E-state index contributed by atoms with van der Waals surface area (Å²) < 4.78 is 5.11. The number of carbonyl (C=O) groups excluding carboxylic acids is 1. The van der Waals surface area contributed by atoms with Crippen molar-refractivity contribution in [2.45, 2.75) is 0 Å². The van der Waals surface area contributed by atoms with Crippen LogP contribution in [-0.2, 0) is 4.79 Å². The maximum absolute atomic E-state index is 9.47. The molecule has 0 spiro atoms. The number of aliphatic imine (C=N–C) groups is 1. The summed E-state index contributed by atoms with van der Waals surface area (Å²) in [7, 11) is 1.56. The van der Waals surface area contributed by atoms with E-state index in [9.17, 15) is 9.90 Å². The number of halogens is 1. The van der Waals surface area contributed by atoms with Crippen molar-refractivity contribution in [3.05, 3.63) is 86.9 Å². The highest BCUT2D eigenvalue weighted by Gasteiger charge is 2.06. The Labute approximate surface area is 165 Å². The van der Waals surface area contributed by atoms with E-state index in [1.165, 1.54) is 17.3 Å². The van der Waals surface area contributed by atoms with Gasteiger partial charge in [0.2, 0.25) is 0 Å². The molecule has 1 aromatic heterocycles. The zero-order valence-electron chi connectivity index (χ0n) is 14.2. The first-order valence-corrected chi connectivity index (χ1v) is 8.35. The smallest absolute Gasteiger partial charge is 0.186 e. The van der Waals surface area contributed by atoms with Gasteiger partial charge in [-0.25, -0.2) is 4.79 Å². The van der Waals surface area contributed by atoms with E-state index in [0.717, 1.165) is 10.6 Å². The molecule has 1 N–H and O–H groups in total. The molecule has 1 heterocycles. The topological polar surface area (TPSA) is 58.9 Å². The van der Waals surface area contributed by atoms with Gasteiger partial charge < -0.3 is 9.84 Å². The maximum atomic E-state index is 9.47. The second-order valence-corrected chi connectivity index (χ2v) is 5.78. The molecule has 0 amide bonds. The number of hydrogen-bond donors (Lipinski definition) is 1. The van der Waals surface area contributed by atoms with E-state index >= 15 is 0 Å². The molecule has 2 rings (SSSR count). The highest BCUT2D eigenvalue weighted by Crippen LogP contribution is 2.32. The monoisotopic (exact) mass is 393 g/mol. The standard InChI is InChI=1S/C12H10ClNO2S.C9H2O/c1-16-10-6-12(15)17-11(10)7-14-9-4-2-8(13)3-5-9;1-2-3-4-5-6-7-8-9-10/h2-7,15H,1H3;1H2. The highest BCUT2D eigenvalue weighted by atomic mass is 35.5.